The van der Waals surface area contributed by atoms with Crippen LogP contribution in [0.1, 0.15) is 34.7 Å². The molecule has 0 aliphatic carbocycles. The van der Waals surface area contributed by atoms with Crippen molar-refractivity contribution in [2.24, 2.45) is 5.92 Å². The van der Waals surface area contributed by atoms with E-state index in [-0.39, 0.29) is 5.91 Å². The molecule has 0 saturated carbocycles. The van der Waals surface area contributed by atoms with Crippen molar-refractivity contribution in [2.45, 2.75) is 26.2 Å². The fraction of sp³-hybridized carbons (Fsp3) is 0.350. The first-order valence-corrected chi connectivity index (χ1v) is 8.75. The van der Waals surface area contributed by atoms with Crippen molar-refractivity contribution >= 4 is 16.8 Å². The molecule has 3 aromatic rings. The van der Waals surface area contributed by atoms with Crippen molar-refractivity contribution in [1.29, 1.82) is 0 Å². The number of benzene rings is 1. The van der Waals surface area contributed by atoms with Crippen LogP contribution in [0, 0.1) is 12.8 Å². The monoisotopic (exact) mass is 335 g/mol. The SMILES string of the molecule is Cc1cc(C(=O)N2CCCC(Cc3ccc4ncccc4c3)C2)no1. The van der Waals surface area contributed by atoms with Crippen LogP contribution < -0.4 is 0 Å². The number of piperidine rings is 1. The summed E-state index contributed by atoms with van der Waals surface area (Å²) in [6, 6.07) is 12.2. The molecule has 1 saturated heterocycles. The maximum atomic E-state index is 12.6. The summed E-state index contributed by atoms with van der Waals surface area (Å²) >= 11 is 0. The molecule has 0 bridgehead atoms. The van der Waals surface area contributed by atoms with Crippen LogP contribution in [0.4, 0.5) is 0 Å². The summed E-state index contributed by atoms with van der Waals surface area (Å²) in [6.45, 7) is 3.37. The van der Waals surface area contributed by atoms with Gasteiger partial charge in [0.15, 0.2) is 5.69 Å². The number of carbonyl (C=O) groups is 1. The summed E-state index contributed by atoms with van der Waals surface area (Å²) in [5.41, 5.74) is 2.74. The molecule has 5 heteroatoms. The van der Waals surface area contributed by atoms with E-state index in [1.807, 2.05) is 17.2 Å². The Balaban J connectivity index is 1.46. The van der Waals surface area contributed by atoms with Crippen LogP contribution in [-0.4, -0.2) is 34.0 Å². The summed E-state index contributed by atoms with van der Waals surface area (Å²) in [5.74, 6) is 1.12. The molecule has 25 heavy (non-hydrogen) atoms. The van der Waals surface area contributed by atoms with Gasteiger partial charge in [-0.25, -0.2) is 0 Å². The maximum Gasteiger partial charge on any atom is 0.276 e. The van der Waals surface area contributed by atoms with E-state index in [4.69, 9.17) is 4.52 Å². The number of aryl methyl sites for hydroxylation is 1. The average Bonchev–Trinajstić information content (AvgIpc) is 3.07. The second kappa shape index (κ2) is 6.67. The molecule has 3 heterocycles. The van der Waals surface area contributed by atoms with Gasteiger partial charge in [0, 0.05) is 30.7 Å². The van der Waals surface area contributed by atoms with Gasteiger partial charge in [0.2, 0.25) is 0 Å². The number of nitrogens with zero attached hydrogens (tertiary/aromatic N) is 3. The number of hydrogen-bond donors (Lipinski definition) is 0. The zero-order valence-corrected chi connectivity index (χ0v) is 14.3. The van der Waals surface area contributed by atoms with Crippen molar-refractivity contribution in [3.63, 3.8) is 0 Å². The standard InChI is InChI=1S/C20H21N3O2/c1-14-10-19(22-25-14)20(24)23-9-3-4-16(13-23)11-15-6-7-18-17(12-15)5-2-8-21-18/h2,5-8,10,12,16H,3-4,9,11,13H2,1H3. The number of carbonyl (C=O) groups excluding carboxylic acids is 1. The van der Waals surface area contributed by atoms with Crippen LogP contribution >= 0.6 is 0 Å². The zero-order valence-electron chi connectivity index (χ0n) is 14.3. The molecule has 1 aliphatic rings. The number of pyridine rings is 1. The molecule has 1 unspecified atom stereocenters. The Morgan fingerprint density at radius 3 is 3.08 bits per heavy atom. The van der Waals surface area contributed by atoms with Crippen molar-refractivity contribution in [3.05, 3.63) is 59.6 Å². The van der Waals surface area contributed by atoms with E-state index in [0.29, 0.717) is 17.4 Å². The quantitative estimate of drug-likeness (QED) is 0.733. The summed E-state index contributed by atoms with van der Waals surface area (Å²) < 4.78 is 5.04. The van der Waals surface area contributed by atoms with Gasteiger partial charge in [-0.05, 0) is 55.9 Å². The third kappa shape index (κ3) is 3.40. The molecule has 1 fully saturated rings. The van der Waals surface area contributed by atoms with Crippen molar-refractivity contribution in [3.8, 4) is 0 Å². The van der Waals surface area contributed by atoms with Crippen LogP contribution in [0.2, 0.25) is 0 Å². The number of fused-ring (bicyclic) bond motifs is 1. The molecule has 1 aliphatic heterocycles. The van der Waals surface area contributed by atoms with Crippen LogP contribution in [0.15, 0.2) is 47.1 Å². The molecule has 0 radical (unpaired) electrons. The normalized spacial score (nSPS) is 17.8. The van der Waals surface area contributed by atoms with E-state index in [1.165, 1.54) is 10.9 Å². The summed E-state index contributed by atoms with van der Waals surface area (Å²) in [5, 5.41) is 5.03. The Kier molecular flexibility index (Phi) is 4.22. The van der Waals surface area contributed by atoms with Crippen LogP contribution in [0.25, 0.3) is 10.9 Å². The van der Waals surface area contributed by atoms with Crippen LogP contribution in [0.3, 0.4) is 0 Å². The van der Waals surface area contributed by atoms with Crippen molar-refractivity contribution in [1.82, 2.24) is 15.0 Å². The average molecular weight is 335 g/mol. The first-order valence-electron chi connectivity index (χ1n) is 8.75. The molecular formula is C20H21N3O2. The minimum absolute atomic E-state index is 0.0238. The molecule has 5 nitrogen and oxygen atoms in total. The third-order valence-electron chi connectivity index (χ3n) is 4.85. The predicted molar refractivity (Wildman–Crippen MR) is 95.3 cm³/mol. The minimum atomic E-state index is -0.0238. The summed E-state index contributed by atoms with van der Waals surface area (Å²) in [4.78, 5) is 18.9. The maximum absolute atomic E-state index is 12.6. The Labute approximate surface area is 146 Å². The minimum Gasteiger partial charge on any atom is -0.361 e. The highest BCUT2D eigenvalue weighted by molar-refractivity contribution is 5.92. The summed E-state index contributed by atoms with van der Waals surface area (Å²) in [7, 11) is 0. The van der Waals surface area contributed by atoms with Gasteiger partial charge in [0.1, 0.15) is 5.76 Å². The van der Waals surface area contributed by atoms with E-state index >= 15 is 0 Å². The molecule has 4 rings (SSSR count). The van der Waals surface area contributed by atoms with Gasteiger partial charge in [0.05, 0.1) is 5.52 Å². The van der Waals surface area contributed by atoms with Crippen LogP contribution in [0.5, 0.6) is 0 Å². The highest BCUT2D eigenvalue weighted by Gasteiger charge is 2.26. The third-order valence-corrected chi connectivity index (χ3v) is 4.85. The van der Waals surface area contributed by atoms with E-state index in [2.05, 4.69) is 34.4 Å². The second-order valence-corrected chi connectivity index (χ2v) is 6.82. The van der Waals surface area contributed by atoms with Gasteiger partial charge in [-0.15, -0.1) is 0 Å². The van der Waals surface area contributed by atoms with E-state index in [0.717, 1.165) is 37.9 Å². The first-order chi connectivity index (χ1) is 12.2. The molecule has 1 atom stereocenters. The van der Waals surface area contributed by atoms with Gasteiger partial charge in [-0.2, -0.15) is 0 Å². The first kappa shape index (κ1) is 15.8. The lowest BCUT2D eigenvalue weighted by Crippen LogP contribution is -2.40. The lowest BCUT2D eigenvalue weighted by molar-refractivity contribution is 0.0663. The zero-order chi connectivity index (χ0) is 17.2. The lowest BCUT2D eigenvalue weighted by atomic mass is 9.90. The van der Waals surface area contributed by atoms with E-state index < -0.39 is 0 Å². The molecule has 1 aromatic carbocycles. The Morgan fingerprint density at radius 2 is 2.24 bits per heavy atom. The molecule has 1 amide bonds. The highest BCUT2D eigenvalue weighted by atomic mass is 16.5. The molecule has 128 valence electrons. The van der Waals surface area contributed by atoms with Crippen molar-refractivity contribution in [2.75, 3.05) is 13.1 Å². The largest absolute Gasteiger partial charge is 0.361 e. The van der Waals surface area contributed by atoms with Crippen LogP contribution in [-0.2, 0) is 6.42 Å². The number of rotatable bonds is 3. The summed E-state index contributed by atoms with van der Waals surface area (Å²) in [6.07, 6.45) is 4.97. The van der Waals surface area contributed by atoms with E-state index in [1.54, 1.807) is 13.0 Å². The Bertz CT molecular complexity index is 903. The van der Waals surface area contributed by atoms with E-state index in [9.17, 15) is 4.79 Å². The fourth-order valence-electron chi connectivity index (χ4n) is 3.63. The van der Waals surface area contributed by atoms with Gasteiger partial charge < -0.3 is 9.42 Å². The van der Waals surface area contributed by atoms with Gasteiger partial charge in [-0.3, -0.25) is 9.78 Å². The highest BCUT2D eigenvalue weighted by Crippen LogP contribution is 2.24. The predicted octanol–water partition coefficient (Wildman–Crippen LogP) is 3.63. The van der Waals surface area contributed by atoms with Gasteiger partial charge in [0.25, 0.3) is 5.91 Å². The molecule has 0 spiro atoms. The number of likely N-dealkylation sites (tertiary alicyclic amines) is 1. The Morgan fingerprint density at radius 1 is 1.32 bits per heavy atom. The smallest absolute Gasteiger partial charge is 0.276 e. The second-order valence-electron chi connectivity index (χ2n) is 6.82. The van der Waals surface area contributed by atoms with Gasteiger partial charge in [-0.1, -0.05) is 17.3 Å². The van der Waals surface area contributed by atoms with Crippen molar-refractivity contribution < 1.29 is 9.32 Å². The lowest BCUT2D eigenvalue weighted by Gasteiger charge is -2.32. The number of hydrogen-bond acceptors (Lipinski definition) is 4. The Hall–Kier alpha value is -2.69. The molecular weight excluding hydrogens is 314 g/mol. The molecule has 0 N–H and O–H groups in total. The molecule has 2 aromatic heterocycles. The topological polar surface area (TPSA) is 59.2 Å². The van der Waals surface area contributed by atoms with Gasteiger partial charge >= 0.3 is 0 Å². The number of amides is 1. The number of aromatic nitrogens is 2. The fourth-order valence-corrected chi connectivity index (χ4v) is 3.63.